The third-order valence-electron chi connectivity index (χ3n) is 6.58. The Balaban J connectivity index is 1.56. The van der Waals surface area contributed by atoms with Crippen molar-refractivity contribution in [2.24, 2.45) is 0 Å². The van der Waals surface area contributed by atoms with Crippen molar-refractivity contribution in [2.75, 3.05) is 13.1 Å². The summed E-state index contributed by atoms with van der Waals surface area (Å²) in [5.74, 6) is -1.24. The molecule has 204 valence electrons. The van der Waals surface area contributed by atoms with Gasteiger partial charge in [-0.25, -0.2) is 12.7 Å². The highest BCUT2D eigenvalue weighted by molar-refractivity contribution is 7.90. The number of carbonyl (C=O) groups excluding carboxylic acids is 3. The summed E-state index contributed by atoms with van der Waals surface area (Å²) in [6.07, 6.45) is 0.326. The number of nitrogens with one attached hydrogen (secondary N) is 1. The molecule has 0 radical (unpaired) electrons. The minimum absolute atomic E-state index is 0.0270. The Kier molecular flexibility index (Phi) is 9.04. The smallest absolute Gasteiger partial charge is 0.269 e. The molecule has 0 bridgehead atoms. The lowest BCUT2D eigenvalue weighted by atomic mass is 10.0. The number of likely N-dealkylation sites (N-methyl/N-ethyl adjacent to an activating group) is 1. The SMILES string of the molecule is CCNC(=O)[C@H](Cc1ccccc1)N(Cc1ccccc1Cl)C(=O)CCCN1C(=O)c2ccccc2S1(=O)=O. The Morgan fingerprint density at radius 2 is 1.64 bits per heavy atom. The number of amides is 3. The summed E-state index contributed by atoms with van der Waals surface area (Å²) in [7, 11) is -3.97. The average Bonchev–Trinajstić information content (AvgIpc) is 3.12. The van der Waals surface area contributed by atoms with E-state index in [1.807, 2.05) is 43.3 Å². The second-order valence-corrected chi connectivity index (χ2v) is 11.4. The quantitative estimate of drug-likeness (QED) is 0.377. The normalized spacial score (nSPS) is 14.5. The van der Waals surface area contributed by atoms with Gasteiger partial charge in [0.05, 0.1) is 5.56 Å². The number of carbonyl (C=O) groups is 3. The Hall–Kier alpha value is -3.69. The van der Waals surface area contributed by atoms with Gasteiger partial charge in [0, 0.05) is 37.5 Å². The van der Waals surface area contributed by atoms with E-state index in [2.05, 4.69) is 5.32 Å². The Morgan fingerprint density at radius 3 is 2.33 bits per heavy atom. The van der Waals surface area contributed by atoms with Gasteiger partial charge in [0.2, 0.25) is 11.8 Å². The maximum absolute atomic E-state index is 13.7. The molecule has 3 aromatic rings. The fraction of sp³-hybridized carbons (Fsp3) is 0.276. The number of benzene rings is 3. The third kappa shape index (κ3) is 6.32. The Morgan fingerprint density at radius 1 is 0.974 bits per heavy atom. The van der Waals surface area contributed by atoms with Crippen molar-refractivity contribution in [1.82, 2.24) is 14.5 Å². The van der Waals surface area contributed by atoms with Gasteiger partial charge in [-0.1, -0.05) is 72.3 Å². The highest BCUT2D eigenvalue weighted by Gasteiger charge is 2.40. The van der Waals surface area contributed by atoms with Gasteiger partial charge in [0.25, 0.3) is 15.9 Å². The summed E-state index contributed by atoms with van der Waals surface area (Å²) in [5.41, 5.74) is 1.70. The lowest BCUT2D eigenvalue weighted by molar-refractivity contribution is -0.141. The third-order valence-corrected chi connectivity index (χ3v) is 8.79. The van der Waals surface area contributed by atoms with Crippen LogP contribution in [0.5, 0.6) is 0 Å². The molecule has 0 fully saturated rings. The van der Waals surface area contributed by atoms with Crippen LogP contribution in [0.15, 0.2) is 83.8 Å². The first-order valence-corrected chi connectivity index (χ1v) is 14.6. The van der Waals surface area contributed by atoms with Crippen molar-refractivity contribution in [2.45, 2.75) is 43.7 Å². The average molecular weight is 568 g/mol. The van der Waals surface area contributed by atoms with Crippen LogP contribution >= 0.6 is 11.6 Å². The zero-order valence-electron chi connectivity index (χ0n) is 21.5. The molecule has 1 aliphatic rings. The molecular weight excluding hydrogens is 538 g/mol. The minimum Gasteiger partial charge on any atom is -0.355 e. The number of hydrogen-bond acceptors (Lipinski definition) is 5. The topological polar surface area (TPSA) is 104 Å². The zero-order valence-corrected chi connectivity index (χ0v) is 23.1. The molecule has 4 rings (SSSR count). The van der Waals surface area contributed by atoms with Gasteiger partial charge in [-0.15, -0.1) is 0 Å². The summed E-state index contributed by atoms with van der Waals surface area (Å²) in [4.78, 5) is 41.1. The largest absolute Gasteiger partial charge is 0.355 e. The van der Waals surface area contributed by atoms with Gasteiger partial charge >= 0.3 is 0 Å². The number of hydrogen-bond donors (Lipinski definition) is 1. The summed E-state index contributed by atoms with van der Waals surface area (Å²) < 4.78 is 26.6. The molecule has 1 N–H and O–H groups in total. The van der Waals surface area contributed by atoms with E-state index in [-0.39, 0.29) is 54.6 Å². The molecule has 1 atom stereocenters. The van der Waals surface area contributed by atoms with Gasteiger partial charge in [-0.2, -0.15) is 0 Å². The molecule has 0 aromatic heterocycles. The Labute approximate surface area is 233 Å². The molecule has 8 nitrogen and oxygen atoms in total. The first kappa shape index (κ1) is 28.3. The van der Waals surface area contributed by atoms with Gasteiger partial charge in [0.1, 0.15) is 10.9 Å². The van der Waals surface area contributed by atoms with Crippen molar-refractivity contribution in [3.05, 3.63) is 101 Å². The van der Waals surface area contributed by atoms with Crippen LogP contribution in [0.25, 0.3) is 0 Å². The molecule has 3 amide bonds. The molecule has 0 aliphatic carbocycles. The molecular formula is C29H30ClN3O5S. The van der Waals surface area contributed by atoms with E-state index in [1.54, 1.807) is 30.3 Å². The summed E-state index contributed by atoms with van der Waals surface area (Å²) in [6.45, 7) is 2.16. The molecule has 39 heavy (non-hydrogen) atoms. The van der Waals surface area contributed by atoms with Crippen LogP contribution in [0.3, 0.4) is 0 Å². The molecule has 1 aliphatic heterocycles. The fourth-order valence-electron chi connectivity index (χ4n) is 4.63. The molecule has 3 aromatic carbocycles. The predicted molar refractivity (Wildman–Crippen MR) is 149 cm³/mol. The van der Waals surface area contributed by atoms with Crippen LogP contribution in [0.2, 0.25) is 5.02 Å². The first-order chi connectivity index (χ1) is 18.7. The maximum Gasteiger partial charge on any atom is 0.269 e. The second-order valence-electron chi connectivity index (χ2n) is 9.20. The van der Waals surface area contributed by atoms with Gasteiger partial charge in [-0.05, 0) is 42.7 Å². The number of halogens is 1. The standard InChI is InChI=1S/C29H30ClN3O5S/c1-2-31-28(35)25(19-21-11-4-3-5-12-21)32(20-22-13-6-8-15-24(22)30)27(34)17-10-18-33-29(36)23-14-7-9-16-26(23)39(33,37)38/h3-9,11-16,25H,2,10,17-20H2,1H3,(H,31,35)/t25-/m0/s1. The molecule has 0 unspecified atom stereocenters. The van der Waals surface area contributed by atoms with E-state index in [0.717, 1.165) is 9.87 Å². The van der Waals surface area contributed by atoms with Crippen LogP contribution in [0, 0.1) is 0 Å². The minimum atomic E-state index is -3.97. The van der Waals surface area contributed by atoms with Crippen LogP contribution < -0.4 is 5.32 Å². The van der Waals surface area contributed by atoms with Crippen molar-refractivity contribution in [3.8, 4) is 0 Å². The molecule has 0 spiro atoms. The van der Waals surface area contributed by atoms with Crippen LogP contribution in [0.4, 0.5) is 0 Å². The van der Waals surface area contributed by atoms with E-state index in [1.165, 1.54) is 17.0 Å². The summed E-state index contributed by atoms with van der Waals surface area (Å²) in [5, 5.41) is 3.30. The first-order valence-electron chi connectivity index (χ1n) is 12.7. The van der Waals surface area contributed by atoms with Gasteiger partial charge in [-0.3, -0.25) is 14.4 Å². The highest BCUT2D eigenvalue weighted by Crippen LogP contribution is 2.30. The second kappa shape index (κ2) is 12.4. The van der Waals surface area contributed by atoms with E-state index < -0.39 is 22.0 Å². The van der Waals surface area contributed by atoms with Gasteiger partial charge < -0.3 is 10.2 Å². The van der Waals surface area contributed by atoms with E-state index >= 15 is 0 Å². The number of fused-ring (bicyclic) bond motifs is 1. The number of sulfonamides is 1. The lowest BCUT2D eigenvalue weighted by Gasteiger charge is -2.32. The van der Waals surface area contributed by atoms with Crippen LogP contribution in [-0.2, 0) is 32.6 Å². The summed E-state index contributed by atoms with van der Waals surface area (Å²) in [6, 6.07) is 21.8. The zero-order chi connectivity index (χ0) is 28.0. The maximum atomic E-state index is 13.7. The number of nitrogens with zero attached hydrogens (tertiary/aromatic N) is 2. The van der Waals surface area contributed by atoms with Crippen molar-refractivity contribution < 1.29 is 22.8 Å². The van der Waals surface area contributed by atoms with Crippen molar-refractivity contribution in [3.63, 3.8) is 0 Å². The lowest BCUT2D eigenvalue weighted by Crippen LogP contribution is -2.50. The molecule has 1 heterocycles. The van der Waals surface area contributed by atoms with E-state index in [0.29, 0.717) is 17.1 Å². The monoisotopic (exact) mass is 567 g/mol. The number of rotatable bonds is 11. The predicted octanol–water partition coefficient (Wildman–Crippen LogP) is 4.04. The van der Waals surface area contributed by atoms with Crippen molar-refractivity contribution >= 4 is 39.3 Å². The molecule has 10 heteroatoms. The van der Waals surface area contributed by atoms with Crippen molar-refractivity contribution in [1.29, 1.82) is 0 Å². The van der Waals surface area contributed by atoms with E-state index in [9.17, 15) is 22.8 Å². The van der Waals surface area contributed by atoms with E-state index in [4.69, 9.17) is 11.6 Å². The summed E-state index contributed by atoms with van der Waals surface area (Å²) >= 11 is 6.41. The molecule has 0 saturated heterocycles. The van der Waals surface area contributed by atoms with Crippen LogP contribution in [0.1, 0.15) is 41.3 Å². The molecule has 0 saturated carbocycles. The van der Waals surface area contributed by atoms with Crippen LogP contribution in [-0.4, -0.2) is 54.5 Å². The highest BCUT2D eigenvalue weighted by atomic mass is 35.5. The van der Waals surface area contributed by atoms with Gasteiger partial charge in [0.15, 0.2) is 0 Å². The Bertz CT molecular complexity index is 1460. The fourth-order valence-corrected chi connectivity index (χ4v) is 6.43.